The highest BCUT2D eigenvalue weighted by atomic mass is 32.1. The van der Waals surface area contributed by atoms with Gasteiger partial charge in [-0.1, -0.05) is 30.3 Å². The highest BCUT2D eigenvalue weighted by Crippen LogP contribution is 2.41. The molecule has 1 fully saturated rings. The highest BCUT2D eigenvalue weighted by molar-refractivity contribution is 7.19. The first-order valence-electron chi connectivity index (χ1n) is 12.7. The SMILES string of the molecule is CN(C)CCCc1c(C2CCN(CC(O)COc3cccc4ccoc34)CC2)sc2ccccc12. The van der Waals surface area contributed by atoms with Crippen LogP contribution in [-0.4, -0.2) is 67.9 Å². The first kappa shape index (κ1) is 24.3. The topological polar surface area (TPSA) is 49.1 Å². The van der Waals surface area contributed by atoms with Crippen LogP contribution in [0.25, 0.3) is 21.1 Å². The number of thiophene rings is 1. The molecule has 4 aromatic rings. The Balaban J connectivity index is 1.17. The van der Waals surface area contributed by atoms with Crippen LogP contribution in [0.15, 0.2) is 59.2 Å². The number of hydrogen-bond donors (Lipinski definition) is 1. The molecule has 0 spiro atoms. The predicted molar refractivity (Wildman–Crippen MR) is 145 cm³/mol. The lowest BCUT2D eigenvalue weighted by atomic mass is 9.90. The number of likely N-dealkylation sites (tertiary alicyclic amines) is 1. The summed E-state index contributed by atoms with van der Waals surface area (Å²) in [5.41, 5.74) is 2.32. The van der Waals surface area contributed by atoms with Gasteiger partial charge >= 0.3 is 0 Å². The average molecular weight is 493 g/mol. The molecule has 0 bridgehead atoms. The Morgan fingerprint density at radius 3 is 2.77 bits per heavy atom. The standard InChI is InChI=1S/C29H36N2O3S/c1-30(2)15-6-9-25-24-8-3-4-11-27(24)35-29(25)22-12-16-31(17-13-22)19-23(32)20-34-26-10-5-7-21-14-18-33-28(21)26/h3-5,7-8,10-11,14,18,22-23,32H,6,9,12-13,15-17,19-20H2,1-2H3. The Kier molecular flexibility index (Phi) is 7.73. The van der Waals surface area contributed by atoms with Crippen LogP contribution in [0.5, 0.6) is 5.75 Å². The van der Waals surface area contributed by atoms with Crippen molar-refractivity contribution in [3.8, 4) is 5.75 Å². The average Bonchev–Trinajstić information content (AvgIpc) is 3.48. The summed E-state index contributed by atoms with van der Waals surface area (Å²) in [4.78, 5) is 6.26. The maximum atomic E-state index is 10.7. The van der Waals surface area contributed by atoms with Crippen LogP contribution in [0.1, 0.15) is 35.6 Å². The number of aryl methyl sites for hydroxylation is 1. The van der Waals surface area contributed by atoms with Crippen molar-refractivity contribution >= 4 is 32.4 Å². The van der Waals surface area contributed by atoms with Crippen LogP contribution in [0.2, 0.25) is 0 Å². The van der Waals surface area contributed by atoms with E-state index in [1.54, 1.807) is 16.7 Å². The zero-order valence-electron chi connectivity index (χ0n) is 20.8. The van der Waals surface area contributed by atoms with E-state index in [-0.39, 0.29) is 6.61 Å². The van der Waals surface area contributed by atoms with Gasteiger partial charge in [-0.25, -0.2) is 0 Å². The third-order valence-corrected chi connectivity index (χ3v) is 8.44. The van der Waals surface area contributed by atoms with Crippen molar-refractivity contribution in [2.24, 2.45) is 0 Å². The summed E-state index contributed by atoms with van der Waals surface area (Å²) < 4.78 is 12.9. The molecule has 1 aliphatic rings. The number of aliphatic hydroxyl groups excluding tert-OH is 1. The van der Waals surface area contributed by atoms with Crippen LogP contribution in [0, 0.1) is 0 Å². The van der Waals surface area contributed by atoms with E-state index in [0.29, 0.717) is 18.2 Å². The minimum Gasteiger partial charge on any atom is -0.487 e. The molecular formula is C29H36N2O3S. The number of benzene rings is 2. The van der Waals surface area contributed by atoms with Gasteiger partial charge in [0.1, 0.15) is 12.7 Å². The number of rotatable bonds is 10. The Morgan fingerprint density at radius 2 is 1.94 bits per heavy atom. The lowest BCUT2D eigenvalue weighted by molar-refractivity contribution is 0.0597. The third kappa shape index (κ3) is 5.72. The van der Waals surface area contributed by atoms with Crippen molar-refractivity contribution in [2.45, 2.75) is 37.7 Å². The molecule has 0 amide bonds. The summed E-state index contributed by atoms with van der Waals surface area (Å²) in [7, 11) is 4.30. The van der Waals surface area contributed by atoms with Gasteiger partial charge in [-0.05, 0) is 94.5 Å². The molecule has 0 saturated carbocycles. The van der Waals surface area contributed by atoms with E-state index in [1.807, 2.05) is 35.6 Å². The van der Waals surface area contributed by atoms with Crippen LogP contribution < -0.4 is 4.74 Å². The Hall–Kier alpha value is -2.38. The third-order valence-electron chi connectivity index (χ3n) is 7.06. The number of ether oxygens (including phenoxy) is 1. The first-order valence-corrected chi connectivity index (χ1v) is 13.5. The Morgan fingerprint density at radius 1 is 1.11 bits per heavy atom. The van der Waals surface area contributed by atoms with E-state index in [0.717, 1.165) is 49.9 Å². The first-order chi connectivity index (χ1) is 17.1. The monoisotopic (exact) mass is 492 g/mol. The largest absolute Gasteiger partial charge is 0.487 e. The summed E-state index contributed by atoms with van der Waals surface area (Å²) in [5, 5.41) is 13.1. The summed E-state index contributed by atoms with van der Waals surface area (Å²) in [5.74, 6) is 1.31. The van der Waals surface area contributed by atoms with Crippen molar-refractivity contribution in [2.75, 3.05) is 46.9 Å². The van der Waals surface area contributed by atoms with Crippen molar-refractivity contribution in [1.29, 1.82) is 0 Å². The van der Waals surface area contributed by atoms with Gasteiger partial charge in [-0.2, -0.15) is 0 Å². The molecule has 1 aliphatic heterocycles. The van der Waals surface area contributed by atoms with Gasteiger partial charge in [0.05, 0.1) is 6.26 Å². The quantitative estimate of drug-likeness (QED) is 0.305. The van der Waals surface area contributed by atoms with E-state index in [4.69, 9.17) is 9.15 Å². The van der Waals surface area contributed by atoms with Gasteiger partial charge in [0.15, 0.2) is 11.3 Å². The molecule has 0 radical (unpaired) electrons. The minimum absolute atomic E-state index is 0.270. The van der Waals surface area contributed by atoms with E-state index in [2.05, 4.69) is 48.2 Å². The molecule has 1 atom stereocenters. The number of piperidine rings is 1. The molecular weight excluding hydrogens is 456 g/mol. The van der Waals surface area contributed by atoms with Crippen LogP contribution in [-0.2, 0) is 6.42 Å². The Bertz CT molecular complexity index is 1240. The lowest BCUT2D eigenvalue weighted by Crippen LogP contribution is -2.40. The zero-order chi connectivity index (χ0) is 24.2. The molecule has 0 aliphatic carbocycles. The van der Waals surface area contributed by atoms with Gasteiger partial charge in [-0.3, -0.25) is 0 Å². The fourth-order valence-electron chi connectivity index (χ4n) is 5.27. The van der Waals surface area contributed by atoms with Gasteiger partial charge < -0.3 is 24.1 Å². The molecule has 1 unspecified atom stereocenters. The molecule has 5 rings (SSSR count). The van der Waals surface area contributed by atoms with Gasteiger partial charge in [-0.15, -0.1) is 11.3 Å². The zero-order valence-corrected chi connectivity index (χ0v) is 21.6. The number of aliphatic hydroxyl groups is 1. The second kappa shape index (κ2) is 11.1. The summed E-state index contributed by atoms with van der Waals surface area (Å²) in [6.45, 7) is 4.06. The van der Waals surface area contributed by atoms with E-state index >= 15 is 0 Å². The summed E-state index contributed by atoms with van der Waals surface area (Å²) in [6.07, 6.45) is 5.78. The number of nitrogens with zero attached hydrogens (tertiary/aromatic N) is 2. The number of para-hydroxylation sites is 1. The van der Waals surface area contributed by atoms with Crippen molar-refractivity contribution in [3.05, 3.63) is 65.2 Å². The van der Waals surface area contributed by atoms with Gasteiger partial charge in [0.2, 0.25) is 0 Å². The van der Waals surface area contributed by atoms with Crippen LogP contribution in [0.3, 0.4) is 0 Å². The molecule has 3 heterocycles. The maximum absolute atomic E-state index is 10.7. The number of furan rings is 1. The normalized spacial score (nSPS) is 16.5. The summed E-state index contributed by atoms with van der Waals surface area (Å²) >= 11 is 2.00. The maximum Gasteiger partial charge on any atom is 0.175 e. The molecule has 1 saturated heterocycles. The number of hydrogen-bond acceptors (Lipinski definition) is 6. The molecule has 186 valence electrons. The van der Waals surface area contributed by atoms with Crippen LogP contribution >= 0.6 is 11.3 Å². The van der Waals surface area contributed by atoms with Crippen molar-refractivity contribution in [3.63, 3.8) is 0 Å². The second-order valence-corrected chi connectivity index (χ2v) is 11.1. The van der Waals surface area contributed by atoms with Crippen molar-refractivity contribution < 1.29 is 14.3 Å². The smallest absolute Gasteiger partial charge is 0.175 e. The molecule has 6 heteroatoms. The number of β-amino-alcohol motifs (C(OH)–C–C–N with tert-alkyl or cyclic N) is 1. The molecule has 1 N–H and O–H groups in total. The fraction of sp³-hybridized carbons (Fsp3) is 0.448. The van der Waals surface area contributed by atoms with E-state index < -0.39 is 6.10 Å². The van der Waals surface area contributed by atoms with E-state index in [1.165, 1.54) is 16.5 Å². The van der Waals surface area contributed by atoms with Crippen LogP contribution in [0.4, 0.5) is 0 Å². The number of fused-ring (bicyclic) bond motifs is 2. The predicted octanol–water partition coefficient (Wildman–Crippen LogP) is 5.76. The molecule has 35 heavy (non-hydrogen) atoms. The highest BCUT2D eigenvalue weighted by Gasteiger charge is 2.26. The lowest BCUT2D eigenvalue weighted by Gasteiger charge is -2.33. The summed E-state index contributed by atoms with van der Waals surface area (Å²) in [6, 6.07) is 16.7. The van der Waals surface area contributed by atoms with Gasteiger partial charge in [0.25, 0.3) is 0 Å². The molecule has 5 nitrogen and oxygen atoms in total. The Labute approximate surface area is 211 Å². The van der Waals surface area contributed by atoms with Crippen molar-refractivity contribution in [1.82, 2.24) is 9.80 Å². The fourth-order valence-corrected chi connectivity index (χ4v) is 6.69. The minimum atomic E-state index is -0.525. The molecule has 2 aromatic carbocycles. The molecule has 2 aromatic heterocycles. The second-order valence-electron chi connectivity index (χ2n) is 9.98. The van der Waals surface area contributed by atoms with E-state index in [9.17, 15) is 5.11 Å². The van der Waals surface area contributed by atoms with Gasteiger partial charge in [0, 0.05) is 21.5 Å².